The fraction of sp³-hybridized carbons (Fsp3) is 1.00. The molecule has 0 spiro atoms. The predicted molar refractivity (Wildman–Crippen MR) is 44.1 cm³/mol. The van der Waals surface area contributed by atoms with Crippen LogP contribution in [-0.2, 0) is 0 Å². The average Bonchev–Trinajstić information content (AvgIpc) is 1.88. The lowest BCUT2D eigenvalue weighted by Crippen LogP contribution is -2.48. The summed E-state index contributed by atoms with van der Waals surface area (Å²) in [5.41, 5.74) is 0. The zero-order chi connectivity index (χ0) is 7.56. The minimum Gasteiger partial charge on any atom is -0.351 e. The standard InChI is InChI=1S/C6H12B2N2/c1-6(7)9-2-4-10(8)5-3-9/h6H,2-5H2,1H3. The molecule has 1 aliphatic rings. The van der Waals surface area contributed by atoms with Crippen molar-refractivity contribution in [3.05, 3.63) is 0 Å². The fourth-order valence-corrected chi connectivity index (χ4v) is 1.14. The minimum absolute atomic E-state index is 0.175. The van der Waals surface area contributed by atoms with Crippen molar-refractivity contribution >= 4 is 15.8 Å². The van der Waals surface area contributed by atoms with Gasteiger partial charge < -0.3 is 9.71 Å². The first-order chi connectivity index (χ1) is 4.70. The number of hydrogen-bond acceptors (Lipinski definition) is 2. The summed E-state index contributed by atoms with van der Waals surface area (Å²) in [6.45, 7) is 5.86. The molecule has 52 valence electrons. The molecule has 1 saturated heterocycles. The quantitative estimate of drug-likeness (QED) is 0.433. The summed E-state index contributed by atoms with van der Waals surface area (Å²) in [5.74, 6) is 0.175. The van der Waals surface area contributed by atoms with E-state index >= 15 is 0 Å². The van der Waals surface area contributed by atoms with Gasteiger partial charge in [0.1, 0.15) is 0 Å². The summed E-state index contributed by atoms with van der Waals surface area (Å²) in [4.78, 5) is 4.06. The third-order valence-corrected chi connectivity index (χ3v) is 1.92. The van der Waals surface area contributed by atoms with Gasteiger partial charge in [-0.3, -0.25) is 0 Å². The Labute approximate surface area is 65.4 Å². The van der Waals surface area contributed by atoms with Crippen LogP contribution in [0.2, 0.25) is 0 Å². The van der Waals surface area contributed by atoms with E-state index in [4.69, 9.17) is 15.8 Å². The van der Waals surface area contributed by atoms with E-state index < -0.39 is 0 Å². The van der Waals surface area contributed by atoms with Crippen LogP contribution in [0.4, 0.5) is 0 Å². The second kappa shape index (κ2) is 3.44. The van der Waals surface area contributed by atoms with Gasteiger partial charge in [0.25, 0.3) is 0 Å². The molecule has 2 nitrogen and oxygen atoms in total. The molecule has 1 fully saturated rings. The molecule has 0 bridgehead atoms. The largest absolute Gasteiger partial charge is 0.351 e. The van der Waals surface area contributed by atoms with E-state index in [9.17, 15) is 0 Å². The van der Waals surface area contributed by atoms with E-state index in [2.05, 4.69) is 4.90 Å². The van der Waals surface area contributed by atoms with Gasteiger partial charge >= 0.3 is 0 Å². The minimum atomic E-state index is 0.175. The monoisotopic (exact) mass is 134 g/mol. The molecule has 1 unspecified atom stereocenters. The normalized spacial score (nSPS) is 26.5. The lowest BCUT2D eigenvalue weighted by Gasteiger charge is -2.35. The van der Waals surface area contributed by atoms with Crippen molar-refractivity contribution in [3.63, 3.8) is 0 Å². The Kier molecular flexibility index (Phi) is 2.81. The highest BCUT2D eigenvalue weighted by Crippen LogP contribution is 2.00. The van der Waals surface area contributed by atoms with Crippen LogP contribution < -0.4 is 0 Å². The van der Waals surface area contributed by atoms with Crippen LogP contribution in [0.25, 0.3) is 0 Å². The van der Waals surface area contributed by atoms with Gasteiger partial charge in [-0.05, 0) is 19.0 Å². The van der Waals surface area contributed by atoms with Crippen molar-refractivity contribution < 1.29 is 0 Å². The molecule has 1 rings (SSSR count). The van der Waals surface area contributed by atoms with Crippen LogP contribution in [0.5, 0.6) is 0 Å². The van der Waals surface area contributed by atoms with Crippen molar-refractivity contribution in [1.29, 1.82) is 0 Å². The molecule has 0 aromatic heterocycles. The molecule has 0 aliphatic carbocycles. The van der Waals surface area contributed by atoms with Crippen LogP contribution in [0.1, 0.15) is 6.92 Å². The van der Waals surface area contributed by atoms with Gasteiger partial charge in [-0.15, -0.1) is 0 Å². The summed E-state index contributed by atoms with van der Waals surface area (Å²) in [5, 5.41) is 0. The predicted octanol–water partition coefficient (Wildman–Crippen LogP) is -0.798. The summed E-state index contributed by atoms with van der Waals surface area (Å²) in [6.07, 6.45) is 0. The molecule has 1 atom stereocenters. The number of nitrogens with zero attached hydrogens (tertiary/aromatic N) is 2. The second-order valence-corrected chi connectivity index (χ2v) is 2.81. The van der Waals surface area contributed by atoms with Gasteiger partial charge in [-0.1, -0.05) is 6.92 Å². The zero-order valence-electron chi connectivity index (χ0n) is 6.45. The van der Waals surface area contributed by atoms with E-state index in [1.165, 1.54) is 0 Å². The van der Waals surface area contributed by atoms with Gasteiger partial charge in [-0.25, -0.2) is 0 Å². The van der Waals surface area contributed by atoms with Crippen LogP contribution in [0.3, 0.4) is 0 Å². The molecular weight excluding hydrogens is 122 g/mol. The van der Waals surface area contributed by atoms with Gasteiger partial charge in [0, 0.05) is 13.1 Å². The van der Waals surface area contributed by atoms with Crippen LogP contribution in [-0.4, -0.2) is 57.7 Å². The molecule has 0 N–H and O–H groups in total. The summed E-state index contributed by atoms with van der Waals surface area (Å²) in [6, 6.07) is 0. The Hall–Kier alpha value is 0.0499. The molecular formula is C6H12B2N2. The molecule has 1 aliphatic heterocycles. The van der Waals surface area contributed by atoms with Crippen LogP contribution in [0, 0.1) is 0 Å². The first-order valence-corrected chi connectivity index (χ1v) is 3.69. The van der Waals surface area contributed by atoms with E-state index in [0.717, 1.165) is 26.2 Å². The smallest absolute Gasteiger partial charge is 0.182 e. The second-order valence-electron chi connectivity index (χ2n) is 2.81. The summed E-state index contributed by atoms with van der Waals surface area (Å²) in [7, 11) is 11.2. The Morgan fingerprint density at radius 1 is 1.20 bits per heavy atom. The first-order valence-electron chi connectivity index (χ1n) is 3.69. The van der Waals surface area contributed by atoms with Crippen LogP contribution >= 0.6 is 0 Å². The highest BCUT2D eigenvalue weighted by Gasteiger charge is 2.14. The maximum absolute atomic E-state index is 5.68. The average molecular weight is 134 g/mol. The highest BCUT2D eigenvalue weighted by molar-refractivity contribution is 6.11. The Morgan fingerprint density at radius 3 is 2.10 bits per heavy atom. The van der Waals surface area contributed by atoms with Gasteiger partial charge in [0.2, 0.25) is 0 Å². The molecule has 4 heteroatoms. The van der Waals surface area contributed by atoms with Crippen molar-refractivity contribution in [2.45, 2.75) is 12.9 Å². The number of hydrogen-bond donors (Lipinski definition) is 0. The molecule has 0 saturated carbocycles. The molecule has 4 radical (unpaired) electrons. The number of piperazine rings is 1. The van der Waals surface area contributed by atoms with E-state index in [1.54, 1.807) is 0 Å². The lowest BCUT2D eigenvalue weighted by atomic mass is 9.96. The molecule has 0 aromatic carbocycles. The molecule has 1 heterocycles. The third-order valence-electron chi connectivity index (χ3n) is 1.92. The Morgan fingerprint density at radius 2 is 1.70 bits per heavy atom. The summed E-state index contributed by atoms with van der Waals surface area (Å²) < 4.78 is 0. The topological polar surface area (TPSA) is 6.48 Å². The van der Waals surface area contributed by atoms with Gasteiger partial charge in [0.15, 0.2) is 7.98 Å². The van der Waals surface area contributed by atoms with E-state index in [-0.39, 0.29) is 5.94 Å². The lowest BCUT2D eigenvalue weighted by molar-refractivity contribution is 0.182. The number of rotatable bonds is 1. The third kappa shape index (κ3) is 2.03. The van der Waals surface area contributed by atoms with Crippen molar-refractivity contribution in [2.75, 3.05) is 26.2 Å². The maximum atomic E-state index is 5.68. The first kappa shape index (κ1) is 8.15. The zero-order valence-corrected chi connectivity index (χ0v) is 6.45. The van der Waals surface area contributed by atoms with Gasteiger partial charge in [0.05, 0.1) is 7.85 Å². The van der Waals surface area contributed by atoms with Crippen molar-refractivity contribution in [1.82, 2.24) is 9.71 Å². The van der Waals surface area contributed by atoms with Crippen LogP contribution in [0.15, 0.2) is 0 Å². The SMILES string of the molecule is [B]C(C)N1CCN([B])CC1. The van der Waals surface area contributed by atoms with E-state index in [0.29, 0.717) is 0 Å². The van der Waals surface area contributed by atoms with Gasteiger partial charge in [-0.2, -0.15) is 0 Å². The van der Waals surface area contributed by atoms with E-state index in [1.807, 2.05) is 11.7 Å². The molecule has 0 amide bonds. The molecule has 0 aromatic rings. The molecule has 10 heavy (non-hydrogen) atoms. The Bertz CT molecular complexity index is 99.9. The fourth-order valence-electron chi connectivity index (χ4n) is 1.14. The van der Waals surface area contributed by atoms with Crippen molar-refractivity contribution in [2.24, 2.45) is 0 Å². The van der Waals surface area contributed by atoms with Crippen molar-refractivity contribution in [3.8, 4) is 0 Å². The summed E-state index contributed by atoms with van der Waals surface area (Å²) >= 11 is 0. The highest BCUT2D eigenvalue weighted by atomic mass is 15.2. The maximum Gasteiger partial charge on any atom is 0.182 e. The Balaban J connectivity index is 2.26.